The Morgan fingerprint density at radius 2 is 1.90 bits per heavy atom. The zero-order valence-corrected chi connectivity index (χ0v) is 6.73. The van der Waals surface area contributed by atoms with Crippen LogP contribution in [0.4, 0.5) is 0 Å². The van der Waals surface area contributed by atoms with Gasteiger partial charge in [-0.15, -0.1) is 0 Å². The van der Waals surface area contributed by atoms with E-state index in [0.717, 1.165) is 0 Å². The SMILES string of the molecule is CC1CCC2(CCCC2)O1. The quantitative estimate of drug-likeness (QED) is 0.502. The lowest BCUT2D eigenvalue weighted by molar-refractivity contribution is -0.0285. The average Bonchev–Trinajstić information content (AvgIpc) is 2.46. The summed E-state index contributed by atoms with van der Waals surface area (Å²) in [4.78, 5) is 0. The van der Waals surface area contributed by atoms with Crippen LogP contribution in [0.2, 0.25) is 0 Å². The Morgan fingerprint density at radius 1 is 1.20 bits per heavy atom. The molecule has 0 radical (unpaired) electrons. The summed E-state index contributed by atoms with van der Waals surface area (Å²) in [7, 11) is 0. The van der Waals surface area contributed by atoms with Gasteiger partial charge in [-0.25, -0.2) is 0 Å². The van der Waals surface area contributed by atoms with Gasteiger partial charge in [-0.05, 0) is 32.6 Å². The zero-order chi connectivity index (χ0) is 7.03. The Hall–Kier alpha value is -0.0400. The Morgan fingerprint density at radius 3 is 2.40 bits per heavy atom. The van der Waals surface area contributed by atoms with Gasteiger partial charge < -0.3 is 4.74 Å². The molecule has 1 aliphatic heterocycles. The van der Waals surface area contributed by atoms with Gasteiger partial charge in [0.25, 0.3) is 0 Å². The van der Waals surface area contributed by atoms with Gasteiger partial charge in [0.15, 0.2) is 0 Å². The fourth-order valence-corrected chi connectivity index (χ4v) is 2.40. The van der Waals surface area contributed by atoms with E-state index in [0.29, 0.717) is 11.7 Å². The molecule has 2 fully saturated rings. The molecule has 1 atom stereocenters. The second-order valence-corrected chi connectivity index (χ2v) is 3.86. The lowest BCUT2D eigenvalue weighted by atomic mass is 9.98. The topological polar surface area (TPSA) is 9.23 Å². The molecule has 58 valence electrons. The highest BCUT2D eigenvalue weighted by molar-refractivity contribution is 4.91. The molecule has 0 bridgehead atoms. The van der Waals surface area contributed by atoms with E-state index in [9.17, 15) is 0 Å². The Bertz CT molecular complexity index is 125. The van der Waals surface area contributed by atoms with Gasteiger partial charge in [0.05, 0.1) is 11.7 Å². The minimum atomic E-state index is 0.361. The molecule has 1 heteroatoms. The molecule has 0 aromatic rings. The third-order valence-electron chi connectivity index (χ3n) is 2.97. The van der Waals surface area contributed by atoms with Crippen LogP contribution in [-0.2, 0) is 4.74 Å². The second-order valence-electron chi connectivity index (χ2n) is 3.86. The third kappa shape index (κ3) is 0.968. The Balaban J connectivity index is 2.03. The van der Waals surface area contributed by atoms with E-state index in [-0.39, 0.29) is 0 Å². The summed E-state index contributed by atoms with van der Waals surface area (Å²) < 4.78 is 5.91. The molecule has 1 aliphatic carbocycles. The van der Waals surface area contributed by atoms with Gasteiger partial charge in [-0.1, -0.05) is 12.8 Å². The number of ether oxygens (including phenoxy) is 1. The molecule has 0 aromatic carbocycles. The van der Waals surface area contributed by atoms with E-state index in [4.69, 9.17) is 4.74 Å². The summed E-state index contributed by atoms with van der Waals surface area (Å²) in [5.41, 5.74) is 0.361. The smallest absolute Gasteiger partial charge is 0.0687 e. The molecule has 10 heavy (non-hydrogen) atoms. The maximum absolute atomic E-state index is 5.91. The summed E-state index contributed by atoms with van der Waals surface area (Å²) >= 11 is 0. The van der Waals surface area contributed by atoms with Gasteiger partial charge in [-0.3, -0.25) is 0 Å². The molecule has 2 rings (SSSR count). The van der Waals surface area contributed by atoms with E-state index in [1.54, 1.807) is 0 Å². The first-order chi connectivity index (χ1) is 4.81. The van der Waals surface area contributed by atoms with E-state index in [1.165, 1.54) is 38.5 Å². The van der Waals surface area contributed by atoms with Crippen LogP contribution in [0.3, 0.4) is 0 Å². The van der Waals surface area contributed by atoms with Crippen molar-refractivity contribution in [3.8, 4) is 0 Å². The summed E-state index contributed by atoms with van der Waals surface area (Å²) in [5.74, 6) is 0. The van der Waals surface area contributed by atoms with E-state index in [1.807, 2.05) is 0 Å². The molecule has 0 aromatic heterocycles. The number of hydrogen-bond donors (Lipinski definition) is 0. The first kappa shape index (κ1) is 6.66. The van der Waals surface area contributed by atoms with Crippen molar-refractivity contribution in [1.29, 1.82) is 0 Å². The van der Waals surface area contributed by atoms with Crippen molar-refractivity contribution in [2.75, 3.05) is 0 Å². The minimum Gasteiger partial charge on any atom is -0.372 e. The molecule has 0 amide bonds. The third-order valence-corrected chi connectivity index (χ3v) is 2.97. The molecule has 1 nitrogen and oxygen atoms in total. The number of hydrogen-bond acceptors (Lipinski definition) is 1. The molecule has 1 unspecified atom stereocenters. The normalized spacial score (nSPS) is 37.5. The van der Waals surface area contributed by atoms with Gasteiger partial charge in [0.2, 0.25) is 0 Å². The molecule has 1 saturated carbocycles. The predicted molar refractivity (Wildman–Crippen MR) is 41.0 cm³/mol. The first-order valence-corrected chi connectivity index (χ1v) is 4.49. The van der Waals surface area contributed by atoms with E-state index in [2.05, 4.69) is 6.92 Å². The zero-order valence-electron chi connectivity index (χ0n) is 6.73. The van der Waals surface area contributed by atoms with Crippen molar-refractivity contribution < 1.29 is 4.74 Å². The lowest BCUT2D eigenvalue weighted by Gasteiger charge is -2.22. The fraction of sp³-hybridized carbons (Fsp3) is 1.00. The summed E-state index contributed by atoms with van der Waals surface area (Å²) in [5, 5.41) is 0. The molecular formula is C9H16O. The van der Waals surface area contributed by atoms with Gasteiger partial charge >= 0.3 is 0 Å². The predicted octanol–water partition coefficient (Wildman–Crippen LogP) is 2.50. The van der Waals surface area contributed by atoms with Crippen LogP contribution in [0.25, 0.3) is 0 Å². The molecule has 1 saturated heterocycles. The van der Waals surface area contributed by atoms with Crippen molar-refractivity contribution in [2.45, 2.75) is 57.2 Å². The Labute approximate surface area is 62.8 Å². The Kier molecular flexibility index (Phi) is 1.48. The van der Waals surface area contributed by atoms with Gasteiger partial charge in [0.1, 0.15) is 0 Å². The van der Waals surface area contributed by atoms with Crippen LogP contribution in [0.5, 0.6) is 0 Å². The molecule has 1 heterocycles. The van der Waals surface area contributed by atoms with Crippen molar-refractivity contribution >= 4 is 0 Å². The highest BCUT2D eigenvalue weighted by Gasteiger charge is 2.40. The van der Waals surface area contributed by atoms with Gasteiger partial charge in [0, 0.05) is 0 Å². The average molecular weight is 140 g/mol. The summed E-state index contributed by atoms with van der Waals surface area (Å²) in [6.45, 7) is 2.20. The standard InChI is InChI=1S/C9H16O/c1-8-4-7-9(10-8)5-2-3-6-9/h8H,2-7H2,1H3. The summed E-state index contributed by atoms with van der Waals surface area (Å²) in [6.07, 6.45) is 8.61. The van der Waals surface area contributed by atoms with Crippen LogP contribution in [0.15, 0.2) is 0 Å². The van der Waals surface area contributed by atoms with Crippen LogP contribution in [0.1, 0.15) is 45.4 Å². The minimum absolute atomic E-state index is 0.361. The molecular weight excluding hydrogens is 124 g/mol. The van der Waals surface area contributed by atoms with E-state index >= 15 is 0 Å². The van der Waals surface area contributed by atoms with Crippen LogP contribution in [0, 0.1) is 0 Å². The highest BCUT2D eigenvalue weighted by Crippen LogP contribution is 2.42. The van der Waals surface area contributed by atoms with Crippen molar-refractivity contribution in [3.63, 3.8) is 0 Å². The molecule has 1 spiro atoms. The summed E-state index contributed by atoms with van der Waals surface area (Å²) in [6, 6.07) is 0. The maximum atomic E-state index is 5.91. The second kappa shape index (κ2) is 2.23. The van der Waals surface area contributed by atoms with Crippen LogP contribution < -0.4 is 0 Å². The van der Waals surface area contributed by atoms with Crippen molar-refractivity contribution in [1.82, 2.24) is 0 Å². The van der Waals surface area contributed by atoms with Gasteiger partial charge in [-0.2, -0.15) is 0 Å². The van der Waals surface area contributed by atoms with E-state index < -0.39 is 0 Å². The highest BCUT2D eigenvalue weighted by atomic mass is 16.5. The van der Waals surface area contributed by atoms with Crippen LogP contribution in [-0.4, -0.2) is 11.7 Å². The monoisotopic (exact) mass is 140 g/mol. The van der Waals surface area contributed by atoms with Crippen molar-refractivity contribution in [2.24, 2.45) is 0 Å². The number of rotatable bonds is 0. The lowest BCUT2D eigenvalue weighted by Crippen LogP contribution is -2.23. The molecule has 2 aliphatic rings. The van der Waals surface area contributed by atoms with Crippen LogP contribution >= 0.6 is 0 Å². The maximum Gasteiger partial charge on any atom is 0.0687 e. The largest absolute Gasteiger partial charge is 0.372 e. The van der Waals surface area contributed by atoms with Crippen molar-refractivity contribution in [3.05, 3.63) is 0 Å². The fourth-order valence-electron chi connectivity index (χ4n) is 2.40. The first-order valence-electron chi connectivity index (χ1n) is 4.49. The molecule has 0 N–H and O–H groups in total.